The zero-order valence-corrected chi connectivity index (χ0v) is 13.5. The van der Waals surface area contributed by atoms with Crippen LogP contribution in [0.5, 0.6) is 11.5 Å². The molecule has 0 radical (unpaired) electrons. The van der Waals surface area contributed by atoms with E-state index in [0.29, 0.717) is 11.5 Å². The van der Waals surface area contributed by atoms with Crippen molar-refractivity contribution in [2.45, 2.75) is 13.0 Å². The summed E-state index contributed by atoms with van der Waals surface area (Å²) in [5, 5.41) is 15.9. The van der Waals surface area contributed by atoms with Crippen LogP contribution in [-0.4, -0.2) is 17.6 Å². The molecule has 0 saturated carbocycles. The number of amides is 1. The third-order valence-corrected chi connectivity index (χ3v) is 4.52. The average molecular weight is 346 g/mol. The van der Waals surface area contributed by atoms with E-state index in [2.05, 4.69) is 5.32 Å². The van der Waals surface area contributed by atoms with Crippen molar-refractivity contribution in [2.75, 3.05) is 6.79 Å². The molecule has 1 N–H and O–H groups in total. The highest BCUT2D eigenvalue weighted by atomic mass is 32.1. The van der Waals surface area contributed by atoms with Crippen LogP contribution in [0.25, 0.3) is 6.08 Å². The molecule has 124 valence electrons. The normalized spacial score (nSPS) is 13.9. The van der Waals surface area contributed by atoms with Gasteiger partial charge in [0.05, 0.1) is 22.6 Å². The van der Waals surface area contributed by atoms with Crippen LogP contribution in [0.3, 0.4) is 0 Å². The Morgan fingerprint density at radius 2 is 2.17 bits per heavy atom. The predicted molar refractivity (Wildman–Crippen MR) is 89.1 cm³/mol. The van der Waals surface area contributed by atoms with Gasteiger partial charge in [0, 0.05) is 11.0 Å². The number of carbonyl (C=O) groups excluding carboxylic acids is 1. The van der Waals surface area contributed by atoms with Gasteiger partial charge in [0.25, 0.3) is 5.69 Å². The minimum atomic E-state index is -0.520. The van der Waals surface area contributed by atoms with E-state index >= 15 is 0 Å². The highest BCUT2D eigenvalue weighted by Gasteiger charge is 2.22. The fourth-order valence-electron chi connectivity index (χ4n) is 2.27. The second kappa shape index (κ2) is 6.71. The lowest BCUT2D eigenvalue weighted by Gasteiger charge is -2.09. The van der Waals surface area contributed by atoms with Gasteiger partial charge in [0.1, 0.15) is 0 Å². The molecule has 1 aromatic carbocycles. The largest absolute Gasteiger partial charge is 0.454 e. The molecule has 1 unspecified atom stereocenters. The second-order valence-electron chi connectivity index (χ2n) is 5.10. The van der Waals surface area contributed by atoms with Gasteiger partial charge in [-0.25, -0.2) is 0 Å². The number of thiophene rings is 1. The number of nitrogens with zero attached hydrogens (tertiary/aromatic N) is 1. The highest BCUT2D eigenvalue weighted by Crippen LogP contribution is 2.38. The van der Waals surface area contributed by atoms with Gasteiger partial charge in [-0.15, -0.1) is 11.3 Å². The molecule has 0 bridgehead atoms. The molecule has 24 heavy (non-hydrogen) atoms. The SMILES string of the molecule is CC(NC(=O)/C=C/c1cc2c(cc1[N+](=O)[O-])OCO2)c1cccs1. The molecule has 0 aliphatic carbocycles. The van der Waals surface area contributed by atoms with Crippen LogP contribution >= 0.6 is 11.3 Å². The first kappa shape index (κ1) is 16.0. The molecule has 2 heterocycles. The van der Waals surface area contributed by atoms with Crippen molar-refractivity contribution in [1.29, 1.82) is 0 Å². The molecule has 1 aromatic heterocycles. The lowest BCUT2D eigenvalue weighted by atomic mass is 10.1. The fraction of sp³-hybridized carbons (Fsp3) is 0.188. The number of ether oxygens (including phenoxy) is 2. The zero-order chi connectivity index (χ0) is 17.1. The molecule has 2 aromatic rings. The Kier molecular flexibility index (Phi) is 4.48. The first-order chi connectivity index (χ1) is 11.5. The third kappa shape index (κ3) is 3.38. The maximum Gasteiger partial charge on any atom is 0.280 e. The highest BCUT2D eigenvalue weighted by molar-refractivity contribution is 7.10. The molecule has 0 fully saturated rings. The molecule has 1 aliphatic rings. The summed E-state index contributed by atoms with van der Waals surface area (Å²) >= 11 is 1.55. The summed E-state index contributed by atoms with van der Waals surface area (Å²) in [5.41, 5.74) is 0.137. The van der Waals surface area contributed by atoms with Crippen molar-refractivity contribution in [2.24, 2.45) is 0 Å². The van der Waals surface area contributed by atoms with E-state index in [9.17, 15) is 14.9 Å². The van der Waals surface area contributed by atoms with Crippen molar-refractivity contribution >= 4 is 29.0 Å². The Hall–Kier alpha value is -2.87. The molecule has 0 saturated heterocycles. The van der Waals surface area contributed by atoms with Gasteiger partial charge >= 0.3 is 0 Å². The quantitative estimate of drug-likeness (QED) is 0.510. The topological polar surface area (TPSA) is 90.7 Å². The van der Waals surface area contributed by atoms with Gasteiger partial charge in [-0.2, -0.15) is 0 Å². The number of nitro groups is 1. The Morgan fingerprint density at radius 3 is 2.83 bits per heavy atom. The van der Waals surface area contributed by atoms with Crippen LogP contribution in [0.2, 0.25) is 0 Å². The molecular weight excluding hydrogens is 332 g/mol. The summed E-state index contributed by atoms with van der Waals surface area (Å²) in [6.45, 7) is 1.90. The first-order valence-electron chi connectivity index (χ1n) is 7.14. The average Bonchev–Trinajstić information content (AvgIpc) is 3.22. The van der Waals surface area contributed by atoms with Gasteiger partial charge in [-0.1, -0.05) is 6.07 Å². The van der Waals surface area contributed by atoms with Gasteiger partial charge in [-0.05, 0) is 30.5 Å². The standard InChI is InChI=1S/C16H14N2O5S/c1-10(15-3-2-6-24-15)17-16(19)5-4-11-7-13-14(23-9-22-13)8-12(11)18(20)21/h2-8,10H,9H2,1H3,(H,17,19)/b5-4+. The Bertz CT molecular complexity index is 801. The van der Waals surface area contributed by atoms with Crippen LogP contribution in [0.4, 0.5) is 5.69 Å². The summed E-state index contributed by atoms with van der Waals surface area (Å²) in [4.78, 5) is 23.7. The van der Waals surface area contributed by atoms with Crippen LogP contribution in [-0.2, 0) is 4.79 Å². The van der Waals surface area contributed by atoms with Crippen molar-refractivity contribution < 1.29 is 19.2 Å². The summed E-state index contributed by atoms with van der Waals surface area (Å²) in [6.07, 6.45) is 2.67. The molecule has 1 atom stereocenters. The number of hydrogen-bond acceptors (Lipinski definition) is 6. The maximum absolute atomic E-state index is 12.0. The number of nitrogens with one attached hydrogen (secondary N) is 1. The number of benzene rings is 1. The van der Waals surface area contributed by atoms with Crippen molar-refractivity contribution in [3.8, 4) is 11.5 Å². The summed E-state index contributed by atoms with van der Waals surface area (Å²) in [6, 6.07) is 6.51. The Labute approximate surface area is 141 Å². The summed E-state index contributed by atoms with van der Waals surface area (Å²) in [7, 11) is 0. The number of rotatable bonds is 5. The van der Waals surface area contributed by atoms with E-state index in [-0.39, 0.29) is 30.0 Å². The van der Waals surface area contributed by atoms with Gasteiger partial charge in [-0.3, -0.25) is 14.9 Å². The molecule has 8 heteroatoms. The Balaban J connectivity index is 1.76. The van der Waals surface area contributed by atoms with Crippen molar-refractivity contribution in [1.82, 2.24) is 5.32 Å². The number of hydrogen-bond donors (Lipinski definition) is 1. The fourth-order valence-corrected chi connectivity index (χ4v) is 3.01. The monoisotopic (exact) mass is 346 g/mol. The molecular formula is C16H14N2O5S. The third-order valence-electron chi connectivity index (χ3n) is 3.46. The minimum absolute atomic E-state index is 0.0263. The van der Waals surface area contributed by atoms with Gasteiger partial charge in [0.15, 0.2) is 11.5 Å². The number of fused-ring (bicyclic) bond motifs is 1. The predicted octanol–water partition coefficient (Wildman–Crippen LogP) is 3.28. The van der Waals surface area contributed by atoms with Crippen LogP contribution in [0.15, 0.2) is 35.7 Å². The molecule has 0 spiro atoms. The number of carbonyl (C=O) groups is 1. The van der Waals surface area contributed by atoms with E-state index in [0.717, 1.165) is 4.88 Å². The van der Waals surface area contributed by atoms with E-state index < -0.39 is 4.92 Å². The zero-order valence-electron chi connectivity index (χ0n) is 12.7. The minimum Gasteiger partial charge on any atom is -0.454 e. The van der Waals surface area contributed by atoms with Gasteiger partial charge < -0.3 is 14.8 Å². The maximum atomic E-state index is 12.0. The molecule has 1 aliphatic heterocycles. The lowest BCUT2D eigenvalue weighted by molar-refractivity contribution is -0.385. The van der Waals surface area contributed by atoms with Gasteiger partial charge in [0.2, 0.25) is 12.7 Å². The summed E-state index contributed by atoms with van der Waals surface area (Å²) in [5.74, 6) is 0.421. The van der Waals surface area contributed by atoms with Crippen molar-refractivity contribution in [3.05, 3.63) is 56.3 Å². The second-order valence-corrected chi connectivity index (χ2v) is 6.08. The smallest absolute Gasteiger partial charge is 0.280 e. The Morgan fingerprint density at radius 1 is 1.42 bits per heavy atom. The van der Waals surface area contributed by atoms with E-state index in [1.807, 2.05) is 24.4 Å². The molecule has 3 rings (SSSR count). The molecule has 1 amide bonds. The van der Waals surface area contributed by atoms with E-state index in [1.54, 1.807) is 11.3 Å². The lowest BCUT2D eigenvalue weighted by Crippen LogP contribution is -2.23. The van der Waals surface area contributed by atoms with Crippen LogP contribution < -0.4 is 14.8 Å². The summed E-state index contributed by atoms with van der Waals surface area (Å²) < 4.78 is 10.4. The van der Waals surface area contributed by atoms with Crippen LogP contribution in [0.1, 0.15) is 23.4 Å². The van der Waals surface area contributed by atoms with Crippen LogP contribution in [0, 0.1) is 10.1 Å². The van der Waals surface area contributed by atoms with E-state index in [1.165, 1.54) is 24.3 Å². The number of nitro benzene ring substituents is 1. The molecule has 7 nitrogen and oxygen atoms in total. The first-order valence-corrected chi connectivity index (χ1v) is 8.02. The van der Waals surface area contributed by atoms with Crippen molar-refractivity contribution in [3.63, 3.8) is 0 Å². The van der Waals surface area contributed by atoms with E-state index in [4.69, 9.17) is 9.47 Å².